The maximum absolute atomic E-state index is 12.3. The largest absolute Gasteiger partial charge is 0.383 e. The summed E-state index contributed by atoms with van der Waals surface area (Å²) in [5.41, 5.74) is 2.56. The van der Waals surface area contributed by atoms with E-state index in [1.54, 1.807) is 7.11 Å². The van der Waals surface area contributed by atoms with E-state index in [9.17, 15) is 4.79 Å². The highest BCUT2D eigenvalue weighted by Gasteiger charge is 2.11. The summed E-state index contributed by atoms with van der Waals surface area (Å²) in [6.07, 6.45) is 1.88. The number of carbonyl (C=O) groups excluding carboxylic acids is 1. The molecule has 5 heteroatoms. The maximum atomic E-state index is 12.3. The molecule has 0 saturated heterocycles. The van der Waals surface area contributed by atoms with E-state index in [0.717, 1.165) is 17.8 Å². The van der Waals surface area contributed by atoms with Crippen LogP contribution >= 0.6 is 0 Å². The molecule has 1 amide bonds. The molecule has 0 bridgehead atoms. The Morgan fingerprint density at radius 2 is 2.14 bits per heavy atom. The van der Waals surface area contributed by atoms with Gasteiger partial charge in [0, 0.05) is 32.1 Å². The first-order valence-corrected chi connectivity index (χ1v) is 6.93. The van der Waals surface area contributed by atoms with Crippen molar-refractivity contribution in [2.75, 3.05) is 26.1 Å². The second-order valence-electron chi connectivity index (χ2n) is 4.76. The molecular weight excluding hydrogens is 266 g/mol. The van der Waals surface area contributed by atoms with E-state index in [-0.39, 0.29) is 5.91 Å². The summed E-state index contributed by atoms with van der Waals surface area (Å²) in [6, 6.07) is 11.5. The highest BCUT2D eigenvalue weighted by Crippen LogP contribution is 2.13. The van der Waals surface area contributed by atoms with Crippen LogP contribution in [0.4, 0.5) is 5.69 Å². The molecule has 0 unspecified atom stereocenters. The standard InChI is InChI=1S/C16H21N3O2/c1-17-12-13-5-3-6-14(11-13)18-16(20)15-7-4-8-19(15)9-10-21-2/h3-8,11,17H,9-10,12H2,1-2H3,(H,18,20). The minimum absolute atomic E-state index is 0.113. The van der Waals surface area contributed by atoms with Crippen molar-refractivity contribution in [3.05, 3.63) is 53.9 Å². The van der Waals surface area contributed by atoms with Crippen LogP contribution in [0.3, 0.4) is 0 Å². The van der Waals surface area contributed by atoms with Gasteiger partial charge in [0.05, 0.1) is 6.61 Å². The van der Waals surface area contributed by atoms with Crippen molar-refractivity contribution in [1.29, 1.82) is 0 Å². The fourth-order valence-corrected chi connectivity index (χ4v) is 2.16. The Labute approximate surface area is 124 Å². The van der Waals surface area contributed by atoms with Crippen LogP contribution in [0.15, 0.2) is 42.6 Å². The smallest absolute Gasteiger partial charge is 0.272 e. The highest BCUT2D eigenvalue weighted by molar-refractivity contribution is 6.03. The number of ether oxygens (including phenoxy) is 1. The Bertz CT molecular complexity index is 593. The topological polar surface area (TPSA) is 55.3 Å². The summed E-state index contributed by atoms with van der Waals surface area (Å²) in [4.78, 5) is 12.3. The number of nitrogens with zero attached hydrogens (tertiary/aromatic N) is 1. The quantitative estimate of drug-likeness (QED) is 0.820. The number of aromatic nitrogens is 1. The van der Waals surface area contributed by atoms with Gasteiger partial charge < -0.3 is 19.9 Å². The van der Waals surface area contributed by atoms with Crippen molar-refractivity contribution in [1.82, 2.24) is 9.88 Å². The monoisotopic (exact) mass is 287 g/mol. The van der Waals surface area contributed by atoms with Gasteiger partial charge in [-0.25, -0.2) is 0 Å². The molecule has 0 radical (unpaired) electrons. The zero-order chi connectivity index (χ0) is 15.1. The Morgan fingerprint density at radius 1 is 1.29 bits per heavy atom. The molecule has 1 heterocycles. The normalized spacial score (nSPS) is 10.6. The molecule has 0 aliphatic heterocycles. The lowest BCUT2D eigenvalue weighted by Crippen LogP contribution is -2.18. The molecule has 0 saturated carbocycles. The lowest BCUT2D eigenvalue weighted by molar-refractivity contribution is 0.101. The molecule has 0 spiro atoms. The van der Waals surface area contributed by atoms with Gasteiger partial charge in [-0.1, -0.05) is 12.1 Å². The Hall–Kier alpha value is -2.11. The average molecular weight is 287 g/mol. The second-order valence-corrected chi connectivity index (χ2v) is 4.76. The molecule has 112 valence electrons. The fraction of sp³-hybridized carbons (Fsp3) is 0.312. The summed E-state index contributed by atoms with van der Waals surface area (Å²) in [5, 5.41) is 6.03. The lowest BCUT2D eigenvalue weighted by atomic mass is 10.2. The van der Waals surface area contributed by atoms with Gasteiger partial charge >= 0.3 is 0 Å². The summed E-state index contributed by atoms with van der Waals surface area (Å²) in [6.45, 7) is 2.01. The van der Waals surface area contributed by atoms with Crippen LogP contribution in [0.1, 0.15) is 16.1 Å². The predicted octanol–water partition coefficient (Wildman–Crippen LogP) is 2.11. The first-order chi connectivity index (χ1) is 10.2. The van der Waals surface area contributed by atoms with E-state index in [4.69, 9.17) is 4.74 Å². The molecule has 2 N–H and O–H groups in total. The van der Waals surface area contributed by atoms with Gasteiger partial charge in [-0.2, -0.15) is 0 Å². The Balaban J connectivity index is 2.07. The fourth-order valence-electron chi connectivity index (χ4n) is 2.16. The second kappa shape index (κ2) is 7.61. The lowest BCUT2D eigenvalue weighted by Gasteiger charge is -2.10. The van der Waals surface area contributed by atoms with E-state index >= 15 is 0 Å². The van der Waals surface area contributed by atoms with E-state index in [1.165, 1.54) is 0 Å². The molecule has 21 heavy (non-hydrogen) atoms. The minimum atomic E-state index is -0.113. The van der Waals surface area contributed by atoms with Gasteiger partial charge in [0.15, 0.2) is 0 Å². The van der Waals surface area contributed by atoms with Crippen molar-refractivity contribution in [3.8, 4) is 0 Å². The first-order valence-electron chi connectivity index (χ1n) is 6.93. The van der Waals surface area contributed by atoms with Gasteiger partial charge in [-0.05, 0) is 36.9 Å². The number of anilines is 1. The van der Waals surface area contributed by atoms with Crippen molar-refractivity contribution >= 4 is 11.6 Å². The maximum Gasteiger partial charge on any atom is 0.272 e. The number of hydrogen-bond donors (Lipinski definition) is 2. The number of carbonyl (C=O) groups is 1. The van der Waals surface area contributed by atoms with Crippen molar-refractivity contribution in [3.63, 3.8) is 0 Å². The molecule has 0 atom stereocenters. The third-order valence-corrected chi connectivity index (χ3v) is 3.16. The van der Waals surface area contributed by atoms with Crippen LogP contribution in [0.2, 0.25) is 0 Å². The number of amides is 1. The van der Waals surface area contributed by atoms with Crippen molar-refractivity contribution in [2.45, 2.75) is 13.1 Å². The van der Waals surface area contributed by atoms with Crippen LogP contribution in [0, 0.1) is 0 Å². The zero-order valence-electron chi connectivity index (χ0n) is 12.4. The number of hydrogen-bond acceptors (Lipinski definition) is 3. The molecule has 2 aromatic rings. The minimum Gasteiger partial charge on any atom is -0.383 e. The number of benzene rings is 1. The van der Waals surface area contributed by atoms with Gasteiger partial charge in [-0.15, -0.1) is 0 Å². The summed E-state index contributed by atoms with van der Waals surface area (Å²) >= 11 is 0. The third-order valence-electron chi connectivity index (χ3n) is 3.16. The van der Waals surface area contributed by atoms with E-state index < -0.39 is 0 Å². The highest BCUT2D eigenvalue weighted by atomic mass is 16.5. The SMILES string of the molecule is CNCc1cccc(NC(=O)c2cccn2CCOC)c1. The molecule has 0 aliphatic carbocycles. The van der Waals surface area contributed by atoms with Crippen LogP contribution in [0.25, 0.3) is 0 Å². The number of nitrogens with one attached hydrogen (secondary N) is 2. The molecule has 5 nitrogen and oxygen atoms in total. The molecule has 1 aromatic heterocycles. The average Bonchev–Trinajstić information content (AvgIpc) is 2.94. The van der Waals surface area contributed by atoms with E-state index in [1.807, 2.05) is 54.2 Å². The number of rotatable bonds is 7. The third kappa shape index (κ3) is 4.18. The molecule has 1 aromatic carbocycles. The van der Waals surface area contributed by atoms with E-state index in [2.05, 4.69) is 10.6 Å². The summed E-state index contributed by atoms with van der Waals surface area (Å²) in [5.74, 6) is -0.113. The first kappa shape index (κ1) is 15.3. The van der Waals surface area contributed by atoms with E-state index in [0.29, 0.717) is 18.8 Å². The van der Waals surface area contributed by atoms with Gasteiger partial charge in [-0.3, -0.25) is 4.79 Å². The predicted molar refractivity (Wildman–Crippen MR) is 83.5 cm³/mol. The van der Waals surface area contributed by atoms with Crippen LogP contribution in [-0.4, -0.2) is 31.2 Å². The summed E-state index contributed by atoms with van der Waals surface area (Å²) < 4.78 is 6.94. The number of methoxy groups -OCH3 is 1. The van der Waals surface area contributed by atoms with Gasteiger partial charge in [0.25, 0.3) is 5.91 Å². The summed E-state index contributed by atoms with van der Waals surface area (Å²) in [7, 11) is 3.55. The van der Waals surface area contributed by atoms with Gasteiger partial charge in [0.2, 0.25) is 0 Å². The Kier molecular flexibility index (Phi) is 5.54. The molecule has 2 rings (SSSR count). The molecule has 0 fully saturated rings. The van der Waals surface area contributed by atoms with Crippen molar-refractivity contribution < 1.29 is 9.53 Å². The zero-order valence-corrected chi connectivity index (χ0v) is 12.4. The molecule has 0 aliphatic rings. The van der Waals surface area contributed by atoms with Crippen LogP contribution < -0.4 is 10.6 Å². The van der Waals surface area contributed by atoms with Crippen LogP contribution in [-0.2, 0) is 17.8 Å². The van der Waals surface area contributed by atoms with Crippen LogP contribution in [0.5, 0.6) is 0 Å². The van der Waals surface area contributed by atoms with Gasteiger partial charge in [0.1, 0.15) is 5.69 Å². The van der Waals surface area contributed by atoms with Crippen molar-refractivity contribution in [2.24, 2.45) is 0 Å². The Morgan fingerprint density at radius 3 is 2.90 bits per heavy atom. The molecular formula is C16H21N3O2.